The van der Waals surface area contributed by atoms with E-state index < -0.39 is 5.91 Å². The molecule has 0 unspecified atom stereocenters. The molecule has 1 heterocycles. The van der Waals surface area contributed by atoms with Gasteiger partial charge in [-0.3, -0.25) is 15.0 Å². The number of carbonyl (C=O) groups excluding carboxylic acids is 1. The minimum Gasteiger partial charge on any atom is -0.482 e. The maximum absolute atomic E-state index is 10.8. The first-order chi connectivity index (χ1) is 8.22. The number of halogens is 1. The van der Waals surface area contributed by atoms with Crippen LogP contribution in [0.25, 0.3) is 10.8 Å². The largest absolute Gasteiger partial charge is 0.482 e. The summed E-state index contributed by atoms with van der Waals surface area (Å²) in [5.74, 6) is -0.0858. The van der Waals surface area contributed by atoms with E-state index in [1.807, 2.05) is 12.1 Å². The number of hydrogen-bond donors (Lipinski definition) is 2. The van der Waals surface area contributed by atoms with Gasteiger partial charge in [-0.05, 0) is 33.4 Å². The fourth-order valence-corrected chi connectivity index (χ4v) is 1.97. The van der Waals surface area contributed by atoms with Gasteiger partial charge in [0.2, 0.25) is 0 Å². The van der Waals surface area contributed by atoms with Crippen LogP contribution in [0, 0.1) is 0 Å². The lowest BCUT2D eigenvalue weighted by Crippen LogP contribution is -2.25. The van der Waals surface area contributed by atoms with Crippen molar-refractivity contribution in [2.75, 3.05) is 6.61 Å². The molecule has 2 rings (SSSR count). The Balaban J connectivity index is 2.29. The number of hydrogen-bond acceptors (Lipinski definition) is 4. The molecule has 1 aromatic carbocycles. The van der Waals surface area contributed by atoms with Crippen LogP contribution in [0.2, 0.25) is 0 Å². The molecule has 0 radical (unpaired) electrons. The quantitative estimate of drug-likeness (QED) is 0.670. The van der Waals surface area contributed by atoms with Gasteiger partial charge < -0.3 is 4.74 Å². The molecule has 6 heteroatoms. The van der Waals surface area contributed by atoms with Crippen LogP contribution in [0.15, 0.2) is 35.1 Å². The normalized spacial score (nSPS) is 10.2. The van der Waals surface area contributed by atoms with Crippen LogP contribution in [0.1, 0.15) is 0 Å². The Morgan fingerprint density at radius 2 is 2.29 bits per heavy atom. The van der Waals surface area contributed by atoms with Crippen LogP contribution in [0.4, 0.5) is 0 Å². The Morgan fingerprint density at radius 3 is 3.06 bits per heavy atom. The zero-order valence-corrected chi connectivity index (χ0v) is 10.3. The number of ether oxygens (including phenoxy) is 1. The molecule has 0 aliphatic carbocycles. The van der Waals surface area contributed by atoms with Crippen LogP contribution >= 0.6 is 15.9 Å². The van der Waals surface area contributed by atoms with E-state index in [1.165, 1.54) is 5.48 Å². The van der Waals surface area contributed by atoms with Gasteiger partial charge in [0, 0.05) is 17.8 Å². The fourth-order valence-electron chi connectivity index (χ4n) is 1.39. The van der Waals surface area contributed by atoms with E-state index in [1.54, 1.807) is 18.5 Å². The minimum absolute atomic E-state index is 0.249. The number of benzene rings is 1. The highest BCUT2D eigenvalue weighted by Crippen LogP contribution is 2.32. The first-order valence-corrected chi connectivity index (χ1v) is 5.59. The number of carbonyl (C=O) groups is 1. The zero-order valence-electron chi connectivity index (χ0n) is 8.68. The number of aromatic nitrogens is 1. The van der Waals surface area contributed by atoms with Crippen molar-refractivity contribution in [2.24, 2.45) is 0 Å². The third kappa shape index (κ3) is 2.54. The zero-order chi connectivity index (χ0) is 12.3. The summed E-state index contributed by atoms with van der Waals surface area (Å²) in [4.78, 5) is 14.9. The van der Waals surface area contributed by atoms with Crippen molar-refractivity contribution in [3.05, 3.63) is 35.1 Å². The number of nitrogens with one attached hydrogen (secondary N) is 1. The molecule has 2 aromatic rings. The lowest BCUT2D eigenvalue weighted by atomic mass is 10.2. The molecule has 0 saturated heterocycles. The van der Waals surface area contributed by atoms with Crippen molar-refractivity contribution < 1.29 is 14.7 Å². The molecule has 0 spiro atoms. The fraction of sp³-hybridized carbons (Fsp3) is 0.0909. The van der Waals surface area contributed by atoms with Crippen LogP contribution in [-0.4, -0.2) is 22.7 Å². The first-order valence-electron chi connectivity index (χ1n) is 4.80. The van der Waals surface area contributed by atoms with E-state index in [-0.39, 0.29) is 6.61 Å². The topological polar surface area (TPSA) is 71.5 Å². The number of hydroxylamine groups is 1. The summed E-state index contributed by atoms with van der Waals surface area (Å²) in [6, 6.07) is 5.50. The molecule has 0 fully saturated rings. The Hall–Kier alpha value is -1.66. The van der Waals surface area contributed by atoms with Gasteiger partial charge in [-0.15, -0.1) is 0 Å². The molecule has 2 N–H and O–H groups in total. The molecular formula is C11H9BrN2O3. The smallest absolute Gasteiger partial charge is 0.281 e. The monoisotopic (exact) mass is 296 g/mol. The van der Waals surface area contributed by atoms with Crippen LogP contribution in [-0.2, 0) is 4.79 Å². The predicted molar refractivity (Wildman–Crippen MR) is 64.9 cm³/mol. The van der Waals surface area contributed by atoms with E-state index in [4.69, 9.17) is 9.94 Å². The van der Waals surface area contributed by atoms with Gasteiger partial charge in [0.05, 0.1) is 4.47 Å². The molecule has 0 aliphatic heterocycles. The van der Waals surface area contributed by atoms with E-state index in [9.17, 15) is 4.79 Å². The van der Waals surface area contributed by atoms with Crippen LogP contribution in [0.5, 0.6) is 5.75 Å². The molecule has 88 valence electrons. The summed E-state index contributed by atoms with van der Waals surface area (Å²) in [5.41, 5.74) is 1.50. The third-order valence-electron chi connectivity index (χ3n) is 2.21. The number of amides is 1. The number of nitrogens with zero attached hydrogens (tertiary/aromatic N) is 1. The van der Waals surface area contributed by atoms with E-state index in [0.717, 1.165) is 15.2 Å². The van der Waals surface area contributed by atoms with Gasteiger partial charge in [-0.25, -0.2) is 5.48 Å². The maximum atomic E-state index is 10.8. The van der Waals surface area contributed by atoms with E-state index in [2.05, 4.69) is 20.9 Å². The van der Waals surface area contributed by atoms with Crippen molar-refractivity contribution in [3.63, 3.8) is 0 Å². The Bertz CT molecular complexity index is 559. The molecule has 0 saturated carbocycles. The van der Waals surface area contributed by atoms with Crippen molar-refractivity contribution in [3.8, 4) is 5.75 Å². The average molecular weight is 297 g/mol. The van der Waals surface area contributed by atoms with Gasteiger partial charge in [0.25, 0.3) is 5.91 Å². The number of pyridine rings is 1. The molecule has 17 heavy (non-hydrogen) atoms. The first kappa shape index (κ1) is 11.8. The molecule has 0 atom stereocenters. The van der Waals surface area contributed by atoms with Gasteiger partial charge in [0.15, 0.2) is 6.61 Å². The van der Waals surface area contributed by atoms with Gasteiger partial charge in [-0.2, -0.15) is 0 Å². The second kappa shape index (κ2) is 5.11. The molecule has 1 aromatic heterocycles. The van der Waals surface area contributed by atoms with Gasteiger partial charge >= 0.3 is 0 Å². The second-order valence-corrected chi connectivity index (χ2v) is 4.09. The number of fused-ring (bicyclic) bond motifs is 1. The maximum Gasteiger partial charge on any atom is 0.281 e. The standard InChI is InChI=1S/C11H9BrN2O3/c12-11-8-5-13-4-3-7(8)1-2-9(11)17-6-10(15)14-16/h1-5,16H,6H2,(H,14,15). The van der Waals surface area contributed by atoms with Gasteiger partial charge in [-0.1, -0.05) is 6.07 Å². The van der Waals surface area contributed by atoms with Crippen molar-refractivity contribution in [1.29, 1.82) is 0 Å². The molecule has 0 aliphatic rings. The van der Waals surface area contributed by atoms with Gasteiger partial charge in [0.1, 0.15) is 5.75 Å². The highest BCUT2D eigenvalue weighted by Gasteiger charge is 2.08. The molecule has 1 amide bonds. The lowest BCUT2D eigenvalue weighted by molar-refractivity contribution is -0.131. The summed E-state index contributed by atoms with van der Waals surface area (Å²) >= 11 is 3.39. The van der Waals surface area contributed by atoms with Crippen molar-refractivity contribution in [1.82, 2.24) is 10.5 Å². The van der Waals surface area contributed by atoms with Crippen LogP contribution in [0.3, 0.4) is 0 Å². The second-order valence-electron chi connectivity index (χ2n) is 3.30. The van der Waals surface area contributed by atoms with E-state index >= 15 is 0 Å². The van der Waals surface area contributed by atoms with Crippen molar-refractivity contribution >= 4 is 32.6 Å². The SMILES string of the molecule is O=C(COc1ccc2ccncc2c1Br)NO. The van der Waals surface area contributed by atoms with E-state index in [0.29, 0.717) is 5.75 Å². The molecule has 0 bridgehead atoms. The Morgan fingerprint density at radius 1 is 1.47 bits per heavy atom. The Kier molecular flexibility index (Phi) is 3.55. The summed E-state index contributed by atoms with van der Waals surface area (Å²) in [5, 5.41) is 10.3. The van der Waals surface area contributed by atoms with Crippen LogP contribution < -0.4 is 10.2 Å². The summed E-state index contributed by atoms with van der Waals surface area (Å²) < 4.78 is 5.98. The summed E-state index contributed by atoms with van der Waals surface area (Å²) in [7, 11) is 0. The average Bonchev–Trinajstić information content (AvgIpc) is 2.38. The predicted octanol–water partition coefficient (Wildman–Crippen LogP) is 1.88. The Labute approximate surface area is 106 Å². The highest BCUT2D eigenvalue weighted by atomic mass is 79.9. The lowest BCUT2D eigenvalue weighted by Gasteiger charge is -2.08. The highest BCUT2D eigenvalue weighted by molar-refractivity contribution is 9.10. The third-order valence-corrected chi connectivity index (χ3v) is 3.02. The minimum atomic E-state index is -0.608. The van der Waals surface area contributed by atoms with Crippen molar-refractivity contribution in [2.45, 2.75) is 0 Å². The molecular weight excluding hydrogens is 288 g/mol. The summed E-state index contributed by atoms with van der Waals surface area (Å²) in [6.45, 7) is -0.249. The molecule has 5 nitrogen and oxygen atoms in total. The summed E-state index contributed by atoms with van der Waals surface area (Å²) in [6.07, 6.45) is 3.41. The number of rotatable bonds is 3.